The van der Waals surface area contributed by atoms with Crippen molar-refractivity contribution in [1.82, 2.24) is 0 Å². The first kappa shape index (κ1) is 38.1. The number of nitrogens with zero attached hydrogens (tertiary/aromatic N) is 2. The van der Waals surface area contributed by atoms with Gasteiger partial charge in [-0.15, -0.1) is 6.10 Å². The fourth-order valence-electron chi connectivity index (χ4n) is 5.14. The fourth-order valence-corrected chi connectivity index (χ4v) is 5.14. The third-order valence-corrected chi connectivity index (χ3v) is 5.58. The van der Waals surface area contributed by atoms with Crippen molar-refractivity contribution in [2.75, 3.05) is 52.4 Å². The van der Waals surface area contributed by atoms with Crippen LogP contribution >= 0.6 is 0 Å². The van der Waals surface area contributed by atoms with Gasteiger partial charge >= 0.3 is 0 Å². The molecule has 0 bridgehead atoms. The molecular formula is C27H64N2O2. The molecule has 0 aliphatic carbocycles. The molecule has 194 valence electrons. The maximum atomic E-state index is 9.53. The molecule has 1 N–H and O–H groups in total. The van der Waals surface area contributed by atoms with E-state index >= 15 is 0 Å². The molecule has 0 fully saturated rings. The molecule has 0 aromatic heterocycles. The minimum atomic E-state index is -0.417. The summed E-state index contributed by atoms with van der Waals surface area (Å²) < 4.78 is 2.75. The van der Waals surface area contributed by atoms with Crippen LogP contribution in [0.5, 0.6) is 0 Å². The van der Waals surface area contributed by atoms with Gasteiger partial charge in [0, 0.05) is 0 Å². The molecule has 0 unspecified atom stereocenters. The zero-order valence-corrected chi connectivity index (χ0v) is 23.6. The van der Waals surface area contributed by atoms with E-state index in [9.17, 15) is 5.11 Å². The molecule has 0 rings (SSSR count). The summed E-state index contributed by atoms with van der Waals surface area (Å²) in [5.41, 5.74) is 0. The predicted octanol–water partition coefficient (Wildman–Crippen LogP) is 6.46. The first-order chi connectivity index (χ1) is 14.2. The molecule has 31 heavy (non-hydrogen) atoms. The van der Waals surface area contributed by atoms with Crippen LogP contribution in [0.4, 0.5) is 0 Å². The average molecular weight is 449 g/mol. The third-order valence-electron chi connectivity index (χ3n) is 5.58. The summed E-state index contributed by atoms with van der Waals surface area (Å²) in [6.45, 7) is 32.8. The Morgan fingerprint density at radius 2 is 0.516 bits per heavy atom. The van der Waals surface area contributed by atoms with E-state index in [0.29, 0.717) is 0 Å². The van der Waals surface area contributed by atoms with Crippen LogP contribution in [0.3, 0.4) is 0 Å². The van der Waals surface area contributed by atoms with Crippen molar-refractivity contribution in [3.8, 4) is 0 Å². The van der Waals surface area contributed by atoms with Crippen LogP contribution in [0, 0.1) is 0 Å². The standard InChI is InChI=1S/2C12H28N.C3H7O.H2O/c2*1-5-9-13(10-6-2,11-7-3)12-8-4;1-3(2)4;/h2*5-12H2,1-4H3;3H,1-2H3;1H2/q2*+1;-1;/p-1. The van der Waals surface area contributed by atoms with Gasteiger partial charge in [-0.05, 0) is 51.4 Å². The number of rotatable bonds is 16. The van der Waals surface area contributed by atoms with Gasteiger partial charge < -0.3 is 19.5 Å². The second-order valence-corrected chi connectivity index (χ2v) is 9.52. The molecule has 0 saturated heterocycles. The Kier molecular flexibility index (Phi) is 32.1. The topological polar surface area (TPSA) is 53.1 Å². The maximum absolute atomic E-state index is 9.53. The first-order valence-electron chi connectivity index (χ1n) is 13.6. The maximum Gasteiger partial charge on any atom is 0.0783 e. The molecule has 0 radical (unpaired) electrons. The van der Waals surface area contributed by atoms with Crippen LogP contribution in [0.25, 0.3) is 0 Å². The van der Waals surface area contributed by atoms with Crippen LogP contribution in [-0.4, -0.2) is 72.9 Å². The molecule has 0 aliphatic heterocycles. The normalized spacial score (nSPS) is 11.2. The van der Waals surface area contributed by atoms with Gasteiger partial charge in [-0.2, -0.15) is 0 Å². The quantitative estimate of drug-likeness (QED) is 0.254. The van der Waals surface area contributed by atoms with Crippen molar-refractivity contribution in [3.63, 3.8) is 0 Å². The Hall–Kier alpha value is -0.160. The minimum absolute atomic E-state index is 0. The highest BCUT2D eigenvalue weighted by Crippen LogP contribution is 2.13. The summed E-state index contributed by atoms with van der Waals surface area (Å²) in [5, 5.41) is 9.53. The van der Waals surface area contributed by atoms with Crippen LogP contribution < -0.4 is 5.11 Å². The molecule has 0 heterocycles. The van der Waals surface area contributed by atoms with Crippen molar-refractivity contribution >= 4 is 0 Å². The SMILES string of the molecule is CC(C)[O-].CCC[N+](CCC)(CCC)CCC.CCC[N+](CCC)(CCC)CCC.[OH-]. The van der Waals surface area contributed by atoms with Crippen LogP contribution in [0.15, 0.2) is 0 Å². The molecule has 0 spiro atoms. The summed E-state index contributed by atoms with van der Waals surface area (Å²) in [5.74, 6) is 0. The average Bonchev–Trinajstić information content (AvgIpc) is 2.64. The second kappa shape index (κ2) is 26.1. The van der Waals surface area contributed by atoms with Crippen LogP contribution in [0.1, 0.15) is 121 Å². The van der Waals surface area contributed by atoms with Gasteiger partial charge in [-0.25, -0.2) is 0 Å². The van der Waals surface area contributed by atoms with Gasteiger partial charge in [0.05, 0.1) is 52.4 Å². The van der Waals surface area contributed by atoms with Gasteiger partial charge in [-0.3, -0.25) is 0 Å². The van der Waals surface area contributed by atoms with E-state index < -0.39 is 6.10 Å². The van der Waals surface area contributed by atoms with Gasteiger partial charge in [-0.1, -0.05) is 69.2 Å². The lowest BCUT2D eigenvalue weighted by molar-refractivity contribution is -0.928. The van der Waals surface area contributed by atoms with E-state index in [0.717, 1.165) is 0 Å². The molecular weight excluding hydrogens is 384 g/mol. The molecule has 0 aliphatic rings. The molecule has 0 saturated carbocycles. The lowest BCUT2D eigenvalue weighted by Crippen LogP contribution is -2.50. The summed E-state index contributed by atoms with van der Waals surface area (Å²) in [6, 6.07) is 0. The van der Waals surface area contributed by atoms with E-state index in [4.69, 9.17) is 0 Å². The van der Waals surface area contributed by atoms with Crippen molar-refractivity contribution in [2.24, 2.45) is 0 Å². The Morgan fingerprint density at radius 3 is 0.581 bits per heavy atom. The van der Waals surface area contributed by atoms with Gasteiger partial charge in [0.25, 0.3) is 0 Å². The van der Waals surface area contributed by atoms with E-state index in [1.54, 1.807) is 13.8 Å². The van der Waals surface area contributed by atoms with Gasteiger partial charge in [0.15, 0.2) is 0 Å². The predicted molar refractivity (Wildman–Crippen MR) is 139 cm³/mol. The van der Waals surface area contributed by atoms with E-state index in [2.05, 4.69) is 55.4 Å². The monoisotopic (exact) mass is 448 g/mol. The highest BCUT2D eigenvalue weighted by atomic mass is 16.3. The molecule has 0 amide bonds. The summed E-state index contributed by atoms with van der Waals surface area (Å²) in [4.78, 5) is 0. The van der Waals surface area contributed by atoms with Crippen LogP contribution in [-0.2, 0) is 0 Å². The first-order valence-corrected chi connectivity index (χ1v) is 13.6. The van der Waals surface area contributed by atoms with Crippen molar-refractivity contribution in [2.45, 2.75) is 127 Å². The Balaban J connectivity index is -0.000000195. The summed E-state index contributed by atoms with van der Waals surface area (Å²) in [6.07, 6.45) is 10.2. The molecule has 4 heteroatoms. The van der Waals surface area contributed by atoms with E-state index in [1.165, 1.54) is 113 Å². The van der Waals surface area contributed by atoms with E-state index in [-0.39, 0.29) is 5.48 Å². The van der Waals surface area contributed by atoms with Gasteiger partial charge in [0.2, 0.25) is 0 Å². The molecule has 0 aromatic rings. The highest BCUT2D eigenvalue weighted by Gasteiger charge is 2.23. The van der Waals surface area contributed by atoms with Crippen molar-refractivity contribution in [1.29, 1.82) is 0 Å². The van der Waals surface area contributed by atoms with Crippen molar-refractivity contribution in [3.05, 3.63) is 0 Å². The summed E-state index contributed by atoms with van der Waals surface area (Å²) in [7, 11) is 0. The second-order valence-electron chi connectivity index (χ2n) is 9.52. The molecule has 4 nitrogen and oxygen atoms in total. The number of quaternary nitrogens is 2. The number of hydrogen-bond acceptors (Lipinski definition) is 2. The highest BCUT2D eigenvalue weighted by molar-refractivity contribution is 4.45. The Morgan fingerprint density at radius 1 is 0.419 bits per heavy atom. The molecule has 0 aromatic carbocycles. The lowest BCUT2D eigenvalue weighted by atomic mass is 10.2. The largest absolute Gasteiger partial charge is 0.870 e. The fraction of sp³-hybridized carbons (Fsp3) is 1.00. The third kappa shape index (κ3) is 22.8. The lowest BCUT2D eigenvalue weighted by Gasteiger charge is -2.38. The van der Waals surface area contributed by atoms with E-state index in [1.807, 2.05) is 0 Å². The number of hydrogen-bond donors (Lipinski definition) is 0. The zero-order valence-electron chi connectivity index (χ0n) is 23.6. The smallest absolute Gasteiger partial charge is 0.0783 e. The Labute approximate surface area is 198 Å². The minimum Gasteiger partial charge on any atom is -0.870 e. The van der Waals surface area contributed by atoms with Crippen LogP contribution in [0.2, 0.25) is 0 Å². The summed E-state index contributed by atoms with van der Waals surface area (Å²) >= 11 is 0. The zero-order chi connectivity index (χ0) is 23.9. The van der Waals surface area contributed by atoms with Gasteiger partial charge in [0.1, 0.15) is 0 Å². The molecule has 0 atom stereocenters. The van der Waals surface area contributed by atoms with Crippen molar-refractivity contribution < 1.29 is 19.5 Å². The Bertz CT molecular complexity index is 233.